The maximum atomic E-state index is 14.1. The number of amides is 1. The molecule has 1 aliphatic heterocycles. The van der Waals surface area contributed by atoms with E-state index in [0.717, 1.165) is 18.4 Å². The molecule has 1 aromatic heterocycles. The first-order chi connectivity index (χ1) is 18.2. The number of unbranched alkanes of at least 4 members (excludes halogenated alkanes) is 1. The first-order valence-corrected chi connectivity index (χ1v) is 12.6. The van der Waals surface area contributed by atoms with Gasteiger partial charge in [-0.3, -0.25) is 9.59 Å². The maximum absolute atomic E-state index is 14.1. The lowest BCUT2D eigenvalue weighted by Gasteiger charge is -2.25. The highest BCUT2D eigenvalue weighted by molar-refractivity contribution is 6.12. The molecule has 0 spiro atoms. The first kappa shape index (κ1) is 24.3. The van der Waals surface area contributed by atoms with Crippen LogP contribution in [0.15, 0.2) is 83.7 Å². The van der Waals surface area contributed by atoms with E-state index in [0.29, 0.717) is 54.3 Å². The number of carbonyl (C=O) groups is 1. The summed E-state index contributed by atoms with van der Waals surface area (Å²) in [7, 11) is 0. The molecule has 7 nitrogen and oxygen atoms in total. The van der Waals surface area contributed by atoms with Gasteiger partial charge in [-0.05, 0) is 30.2 Å². The number of nitrogens with zero attached hydrogens (tertiary/aromatic N) is 3. The monoisotopic (exact) mass is 495 g/mol. The molecule has 1 aliphatic rings. The number of hydrogen-bond donors (Lipinski definition) is 0. The van der Waals surface area contributed by atoms with Crippen molar-refractivity contribution >= 4 is 28.4 Å². The van der Waals surface area contributed by atoms with E-state index in [-0.39, 0.29) is 17.2 Å². The minimum atomic E-state index is -0.296. The lowest BCUT2D eigenvalue weighted by molar-refractivity contribution is 0.0984. The van der Waals surface area contributed by atoms with Gasteiger partial charge in [0.05, 0.1) is 5.39 Å². The summed E-state index contributed by atoms with van der Waals surface area (Å²) in [5.74, 6) is 0.953. The summed E-state index contributed by atoms with van der Waals surface area (Å²) in [4.78, 5) is 28.9. The summed E-state index contributed by atoms with van der Waals surface area (Å²) in [6.45, 7) is 3.76. The van der Waals surface area contributed by atoms with Gasteiger partial charge >= 0.3 is 0 Å². The van der Waals surface area contributed by atoms with Crippen LogP contribution in [0.2, 0.25) is 0 Å². The lowest BCUT2D eigenvalue weighted by Crippen LogP contribution is -2.35. The number of ether oxygens (including phenoxy) is 2. The van der Waals surface area contributed by atoms with Crippen molar-refractivity contribution in [3.8, 4) is 11.5 Å². The summed E-state index contributed by atoms with van der Waals surface area (Å²) in [6.07, 6.45) is 5.63. The van der Waals surface area contributed by atoms with E-state index in [1.165, 1.54) is 4.68 Å². The fourth-order valence-electron chi connectivity index (χ4n) is 4.34. The molecule has 0 saturated carbocycles. The number of aryl methyl sites for hydroxylation is 1. The molecule has 0 bridgehead atoms. The van der Waals surface area contributed by atoms with Crippen LogP contribution < -0.4 is 19.9 Å². The van der Waals surface area contributed by atoms with Crippen molar-refractivity contribution < 1.29 is 14.3 Å². The minimum absolute atomic E-state index is 0.185. The molecule has 7 heteroatoms. The van der Waals surface area contributed by atoms with E-state index in [1.807, 2.05) is 72.8 Å². The first-order valence-electron chi connectivity index (χ1n) is 12.6. The van der Waals surface area contributed by atoms with E-state index in [2.05, 4.69) is 12.0 Å². The SMILES string of the molecule is CCCCn1nc(C(=O)N(C/C=C/c2ccccc2)c2ccc3c(c2)OCCO3)c2ccccc2c1=O. The van der Waals surface area contributed by atoms with Crippen LogP contribution in [-0.4, -0.2) is 35.4 Å². The van der Waals surface area contributed by atoms with E-state index < -0.39 is 0 Å². The van der Waals surface area contributed by atoms with Crippen molar-refractivity contribution in [2.24, 2.45) is 0 Å². The molecule has 37 heavy (non-hydrogen) atoms. The van der Waals surface area contributed by atoms with Crippen molar-refractivity contribution in [2.45, 2.75) is 26.3 Å². The second-order valence-corrected chi connectivity index (χ2v) is 8.83. The van der Waals surface area contributed by atoms with Crippen LogP contribution in [0.1, 0.15) is 35.8 Å². The summed E-state index contributed by atoms with van der Waals surface area (Å²) >= 11 is 0. The average molecular weight is 496 g/mol. The van der Waals surface area contributed by atoms with Gasteiger partial charge in [-0.15, -0.1) is 0 Å². The third kappa shape index (κ3) is 5.26. The summed E-state index contributed by atoms with van der Waals surface area (Å²) in [5.41, 5.74) is 1.75. The Morgan fingerprint density at radius 1 is 0.973 bits per heavy atom. The molecular weight excluding hydrogens is 466 g/mol. The molecule has 4 aromatic rings. The molecule has 0 N–H and O–H groups in total. The van der Waals surface area contributed by atoms with Gasteiger partial charge in [0.25, 0.3) is 11.5 Å². The quantitative estimate of drug-likeness (QED) is 0.330. The molecule has 3 aromatic carbocycles. The van der Waals surface area contributed by atoms with Crippen molar-refractivity contribution in [3.05, 3.63) is 100 Å². The second kappa shape index (κ2) is 11.1. The Hall–Kier alpha value is -4.39. The number of anilines is 1. The normalized spacial score (nSPS) is 12.7. The van der Waals surface area contributed by atoms with Crippen LogP contribution in [0.4, 0.5) is 5.69 Å². The van der Waals surface area contributed by atoms with Crippen molar-refractivity contribution in [1.82, 2.24) is 9.78 Å². The highest BCUT2D eigenvalue weighted by Gasteiger charge is 2.24. The molecule has 5 rings (SSSR count). The standard InChI is InChI=1S/C30H29N3O4/c1-2-3-18-33-29(34)25-14-8-7-13-24(25)28(31-33)30(35)32(17-9-12-22-10-5-4-6-11-22)23-15-16-26-27(21-23)37-20-19-36-26/h4-16,21H,2-3,17-20H2,1H3/b12-9+. The van der Waals surface area contributed by atoms with Gasteiger partial charge in [-0.2, -0.15) is 5.10 Å². The highest BCUT2D eigenvalue weighted by Crippen LogP contribution is 2.34. The van der Waals surface area contributed by atoms with Crippen LogP contribution in [0.3, 0.4) is 0 Å². The molecule has 188 valence electrons. The third-order valence-electron chi connectivity index (χ3n) is 6.27. The van der Waals surface area contributed by atoms with Crippen LogP contribution in [0.5, 0.6) is 11.5 Å². The third-order valence-corrected chi connectivity index (χ3v) is 6.27. The van der Waals surface area contributed by atoms with Crippen molar-refractivity contribution in [2.75, 3.05) is 24.7 Å². The van der Waals surface area contributed by atoms with Gasteiger partial charge < -0.3 is 14.4 Å². The second-order valence-electron chi connectivity index (χ2n) is 8.83. The molecule has 0 unspecified atom stereocenters. The molecule has 0 aliphatic carbocycles. The zero-order valence-corrected chi connectivity index (χ0v) is 20.8. The molecule has 2 heterocycles. The van der Waals surface area contributed by atoms with Gasteiger partial charge in [0.15, 0.2) is 17.2 Å². The smallest absolute Gasteiger partial charge is 0.279 e. The van der Waals surface area contributed by atoms with E-state index >= 15 is 0 Å². The number of aromatic nitrogens is 2. The van der Waals surface area contributed by atoms with Crippen LogP contribution in [0, 0.1) is 0 Å². The number of fused-ring (bicyclic) bond motifs is 2. The van der Waals surface area contributed by atoms with Gasteiger partial charge in [0.1, 0.15) is 13.2 Å². The zero-order valence-electron chi connectivity index (χ0n) is 20.8. The summed E-state index contributed by atoms with van der Waals surface area (Å²) < 4.78 is 12.9. The van der Waals surface area contributed by atoms with Crippen LogP contribution in [0.25, 0.3) is 16.8 Å². The predicted molar refractivity (Wildman–Crippen MR) is 145 cm³/mol. The largest absolute Gasteiger partial charge is 0.486 e. The fraction of sp³-hybridized carbons (Fsp3) is 0.233. The highest BCUT2D eigenvalue weighted by atomic mass is 16.6. The van der Waals surface area contributed by atoms with E-state index in [9.17, 15) is 9.59 Å². The van der Waals surface area contributed by atoms with Crippen molar-refractivity contribution in [3.63, 3.8) is 0 Å². The minimum Gasteiger partial charge on any atom is -0.486 e. The Labute approximate surface area is 215 Å². The predicted octanol–water partition coefficient (Wildman–Crippen LogP) is 5.33. The Balaban J connectivity index is 1.58. The van der Waals surface area contributed by atoms with Crippen LogP contribution >= 0.6 is 0 Å². The lowest BCUT2D eigenvalue weighted by atomic mass is 10.1. The van der Waals surface area contributed by atoms with E-state index in [1.54, 1.807) is 17.0 Å². The zero-order chi connectivity index (χ0) is 25.6. The average Bonchev–Trinajstić information content (AvgIpc) is 2.95. The Morgan fingerprint density at radius 3 is 2.49 bits per heavy atom. The number of rotatable bonds is 8. The molecule has 0 saturated heterocycles. The van der Waals surface area contributed by atoms with Crippen molar-refractivity contribution in [1.29, 1.82) is 0 Å². The number of benzene rings is 3. The Kier molecular flexibility index (Phi) is 7.31. The van der Waals surface area contributed by atoms with E-state index in [4.69, 9.17) is 9.47 Å². The van der Waals surface area contributed by atoms with Gasteiger partial charge in [-0.25, -0.2) is 4.68 Å². The topological polar surface area (TPSA) is 73.7 Å². The van der Waals surface area contributed by atoms with Gasteiger partial charge in [0, 0.05) is 30.2 Å². The molecular formula is C30H29N3O4. The van der Waals surface area contributed by atoms with Crippen LogP contribution in [-0.2, 0) is 6.54 Å². The fourth-order valence-corrected chi connectivity index (χ4v) is 4.34. The number of carbonyl (C=O) groups excluding carboxylic acids is 1. The van der Waals surface area contributed by atoms with Gasteiger partial charge in [-0.1, -0.05) is 74.0 Å². The molecule has 1 amide bonds. The number of hydrogen-bond acceptors (Lipinski definition) is 5. The Morgan fingerprint density at radius 2 is 1.70 bits per heavy atom. The molecule has 0 radical (unpaired) electrons. The molecule has 0 atom stereocenters. The Bertz CT molecular complexity index is 1490. The van der Waals surface area contributed by atoms with Gasteiger partial charge in [0.2, 0.25) is 0 Å². The molecule has 0 fully saturated rings. The summed E-state index contributed by atoms with van der Waals surface area (Å²) in [6, 6.07) is 22.6. The maximum Gasteiger partial charge on any atom is 0.279 e. The summed E-state index contributed by atoms with van der Waals surface area (Å²) in [5, 5.41) is 5.60.